The summed E-state index contributed by atoms with van der Waals surface area (Å²) in [6, 6.07) is 8.45. The predicted octanol–water partition coefficient (Wildman–Crippen LogP) is 2.61. The van der Waals surface area contributed by atoms with Crippen molar-refractivity contribution in [2.45, 2.75) is 46.2 Å². The van der Waals surface area contributed by atoms with Crippen molar-refractivity contribution >= 4 is 19.0 Å². The summed E-state index contributed by atoms with van der Waals surface area (Å²) in [6.07, 6.45) is 0.0157. The van der Waals surface area contributed by atoms with Crippen LogP contribution in [-0.4, -0.2) is 75.3 Å². The summed E-state index contributed by atoms with van der Waals surface area (Å²) in [6.45, 7) is 7.81. The van der Waals surface area contributed by atoms with Crippen molar-refractivity contribution in [2.24, 2.45) is 0 Å². The second kappa shape index (κ2) is 9.51. The molecule has 0 aliphatic carbocycles. The molecule has 0 bridgehead atoms. The SMILES string of the molecule is CC(C)N(C(C)C)P(O)(O)(CCC#N)CCOCCN1C(=O)c2ccccc2C1=O. The Morgan fingerprint density at radius 3 is 2.03 bits per heavy atom. The van der Waals surface area contributed by atoms with Gasteiger partial charge in [-0.25, -0.2) is 0 Å². The number of rotatable bonds is 11. The van der Waals surface area contributed by atoms with Crippen molar-refractivity contribution in [1.82, 2.24) is 9.57 Å². The molecule has 2 N–H and O–H groups in total. The van der Waals surface area contributed by atoms with Gasteiger partial charge < -0.3 is 0 Å². The Balaban J connectivity index is 1.97. The molecular formula is C21H32N3O5P. The Kier molecular flexibility index (Phi) is 7.73. The molecule has 0 aromatic heterocycles. The van der Waals surface area contributed by atoms with Crippen LogP contribution in [0.25, 0.3) is 0 Å². The summed E-state index contributed by atoms with van der Waals surface area (Å²) in [5, 5.41) is 8.99. The second-order valence-corrected chi connectivity index (χ2v) is 12.2. The summed E-state index contributed by atoms with van der Waals surface area (Å²) >= 11 is 0. The Hall–Kier alpha value is -1.88. The summed E-state index contributed by atoms with van der Waals surface area (Å²) in [4.78, 5) is 48.7. The molecule has 2 amide bonds. The van der Waals surface area contributed by atoms with Crippen LogP contribution in [0.4, 0.5) is 0 Å². The van der Waals surface area contributed by atoms with Gasteiger partial charge in [-0.2, -0.15) is 0 Å². The Morgan fingerprint density at radius 1 is 1.03 bits per heavy atom. The molecule has 1 aliphatic heterocycles. The van der Waals surface area contributed by atoms with Crippen molar-refractivity contribution in [3.8, 4) is 6.07 Å². The molecule has 2 rings (SSSR count). The number of imide groups is 1. The zero-order chi connectivity index (χ0) is 22.6. The van der Waals surface area contributed by atoms with Gasteiger partial charge in [0.2, 0.25) is 0 Å². The zero-order valence-electron chi connectivity index (χ0n) is 18.1. The van der Waals surface area contributed by atoms with Crippen LogP contribution < -0.4 is 0 Å². The van der Waals surface area contributed by atoms with Gasteiger partial charge in [0, 0.05) is 0 Å². The first-order valence-electron chi connectivity index (χ1n) is 10.2. The molecule has 166 valence electrons. The number of ether oxygens (including phenoxy) is 1. The standard InChI is InChI=1S/C21H32N3O5P/c1-16(2)24(17(3)4)30(27,28,14-7-10-22)15-13-29-12-11-23-20(25)18-8-5-6-9-19(18)21(23)26/h5-6,8-9,16-17,27-28H,7,11-15H2,1-4H3. The molecule has 0 saturated heterocycles. The fourth-order valence-corrected chi connectivity index (χ4v) is 8.12. The third-order valence-corrected chi connectivity index (χ3v) is 9.53. The van der Waals surface area contributed by atoms with Gasteiger partial charge in [-0.15, -0.1) is 0 Å². The summed E-state index contributed by atoms with van der Waals surface area (Å²) in [5.41, 5.74) is 0.776. The van der Waals surface area contributed by atoms with Gasteiger partial charge >= 0.3 is 178 Å². The van der Waals surface area contributed by atoms with E-state index in [-0.39, 0.29) is 62.4 Å². The molecule has 0 spiro atoms. The van der Waals surface area contributed by atoms with Crippen LogP contribution >= 0.6 is 7.21 Å². The molecule has 0 saturated carbocycles. The molecule has 1 aromatic rings. The minimum atomic E-state index is -4.34. The van der Waals surface area contributed by atoms with Gasteiger partial charge in [0.15, 0.2) is 0 Å². The molecule has 0 unspecified atom stereocenters. The van der Waals surface area contributed by atoms with Crippen molar-refractivity contribution in [3.63, 3.8) is 0 Å². The number of carbonyl (C=O) groups excluding carboxylic acids is 2. The molecular weight excluding hydrogens is 405 g/mol. The van der Waals surface area contributed by atoms with E-state index in [1.807, 2.05) is 33.8 Å². The Bertz CT molecular complexity index is 791. The number of hydrogen-bond donors (Lipinski definition) is 2. The van der Waals surface area contributed by atoms with Crippen LogP contribution in [0.1, 0.15) is 54.8 Å². The van der Waals surface area contributed by atoms with Crippen molar-refractivity contribution in [3.05, 3.63) is 35.4 Å². The summed E-state index contributed by atoms with van der Waals surface area (Å²) in [5.74, 6) is -0.689. The fourth-order valence-electron chi connectivity index (χ4n) is 4.24. The molecule has 0 fully saturated rings. The van der Waals surface area contributed by atoms with E-state index < -0.39 is 7.21 Å². The number of benzene rings is 1. The van der Waals surface area contributed by atoms with Gasteiger partial charge in [-0.3, -0.25) is 0 Å². The van der Waals surface area contributed by atoms with E-state index in [2.05, 4.69) is 0 Å². The molecule has 1 aromatic carbocycles. The average molecular weight is 437 g/mol. The first kappa shape index (κ1) is 24.4. The van der Waals surface area contributed by atoms with E-state index >= 15 is 0 Å². The molecule has 1 heterocycles. The van der Waals surface area contributed by atoms with E-state index in [1.54, 1.807) is 28.9 Å². The topological polar surface area (TPSA) is 114 Å². The molecule has 9 heteroatoms. The van der Waals surface area contributed by atoms with E-state index in [1.165, 1.54) is 0 Å². The Labute approximate surface area is 178 Å². The number of amides is 2. The number of nitrogens with zero attached hydrogens (tertiary/aromatic N) is 3. The third-order valence-electron chi connectivity index (χ3n) is 5.30. The van der Waals surface area contributed by atoms with Crippen LogP contribution in [-0.2, 0) is 4.74 Å². The first-order chi connectivity index (χ1) is 14.0. The molecule has 8 nitrogen and oxygen atoms in total. The maximum atomic E-state index is 12.4. The van der Waals surface area contributed by atoms with Crippen LogP contribution in [0.5, 0.6) is 0 Å². The monoisotopic (exact) mass is 437 g/mol. The summed E-state index contributed by atoms with van der Waals surface area (Å²) < 4.78 is 7.30. The number of nitriles is 1. The second-order valence-electron chi connectivity index (χ2n) is 8.18. The maximum absolute atomic E-state index is 12.4. The number of fused-ring (bicyclic) bond motifs is 1. The molecule has 0 radical (unpaired) electrons. The van der Waals surface area contributed by atoms with E-state index in [9.17, 15) is 19.4 Å². The summed E-state index contributed by atoms with van der Waals surface area (Å²) in [7, 11) is -4.34. The number of carbonyl (C=O) groups is 2. The van der Waals surface area contributed by atoms with Crippen LogP contribution in [0.2, 0.25) is 0 Å². The average Bonchev–Trinajstić information content (AvgIpc) is 2.90. The van der Waals surface area contributed by atoms with Crippen molar-refractivity contribution in [1.29, 1.82) is 5.26 Å². The van der Waals surface area contributed by atoms with Gasteiger partial charge in [-0.05, 0) is 0 Å². The van der Waals surface area contributed by atoms with Gasteiger partial charge in [0.25, 0.3) is 0 Å². The zero-order valence-corrected chi connectivity index (χ0v) is 19.0. The van der Waals surface area contributed by atoms with Crippen LogP contribution in [0, 0.1) is 11.3 Å². The normalized spacial score (nSPS) is 15.6. The van der Waals surface area contributed by atoms with Gasteiger partial charge in [-0.1, -0.05) is 0 Å². The van der Waals surface area contributed by atoms with E-state index in [0.29, 0.717) is 11.1 Å². The van der Waals surface area contributed by atoms with Crippen molar-refractivity contribution < 1.29 is 24.1 Å². The van der Waals surface area contributed by atoms with Crippen molar-refractivity contribution in [2.75, 3.05) is 32.1 Å². The minimum absolute atomic E-state index is 0.00818. The quantitative estimate of drug-likeness (QED) is 0.311. The van der Waals surface area contributed by atoms with Crippen LogP contribution in [0.15, 0.2) is 24.3 Å². The van der Waals surface area contributed by atoms with Gasteiger partial charge in [0.05, 0.1) is 0 Å². The fraction of sp³-hybridized carbons (Fsp3) is 0.571. The molecule has 1 aliphatic rings. The number of hydrogen-bond acceptors (Lipinski definition) is 7. The Morgan fingerprint density at radius 2 is 1.57 bits per heavy atom. The first-order valence-corrected chi connectivity index (χ1v) is 12.7. The van der Waals surface area contributed by atoms with Crippen LogP contribution in [0.3, 0.4) is 0 Å². The third kappa shape index (κ3) is 5.05. The van der Waals surface area contributed by atoms with Gasteiger partial charge in [0.1, 0.15) is 0 Å². The molecule has 30 heavy (non-hydrogen) atoms. The van der Waals surface area contributed by atoms with E-state index in [4.69, 9.17) is 10.00 Å². The molecule has 0 atom stereocenters. The predicted molar refractivity (Wildman–Crippen MR) is 116 cm³/mol. The van der Waals surface area contributed by atoms with E-state index in [0.717, 1.165) is 4.90 Å².